The molecular formula is C11H11FN2OS. The molecule has 1 heterocycles. The molecule has 0 aliphatic carbocycles. The Balaban J connectivity index is 2.01. The minimum atomic E-state index is -1.32. The van der Waals surface area contributed by atoms with Gasteiger partial charge in [-0.25, -0.2) is 4.39 Å². The van der Waals surface area contributed by atoms with Crippen molar-refractivity contribution in [2.45, 2.75) is 11.4 Å². The van der Waals surface area contributed by atoms with Crippen LogP contribution >= 0.6 is 0 Å². The predicted molar refractivity (Wildman–Crippen MR) is 59.9 cm³/mol. The first-order valence-corrected chi connectivity index (χ1v) is 6.19. The molecular weight excluding hydrogens is 227 g/mol. The van der Waals surface area contributed by atoms with Gasteiger partial charge in [0.25, 0.3) is 0 Å². The lowest BCUT2D eigenvalue weighted by Crippen LogP contribution is -2.09. The van der Waals surface area contributed by atoms with Crippen molar-refractivity contribution in [3.05, 3.63) is 48.5 Å². The Morgan fingerprint density at radius 2 is 2.12 bits per heavy atom. The predicted octanol–water partition coefficient (Wildman–Crippen LogP) is 1.83. The average Bonchev–Trinajstić information content (AvgIpc) is 2.79. The second-order valence-electron chi connectivity index (χ2n) is 3.25. The van der Waals surface area contributed by atoms with Crippen LogP contribution in [0, 0.1) is 5.82 Å². The van der Waals surface area contributed by atoms with Crippen LogP contribution in [0.1, 0.15) is 0 Å². The molecule has 0 fully saturated rings. The summed E-state index contributed by atoms with van der Waals surface area (Å²) in [7, 11) is -1.32. The number of hydrogen-bond acceptors (Lipinski definition) is 2. The van der Waals surface area contributed by atoms with Crippen LogP contribution in [0.15, 0.2) is 47.6 Å². The summed E-state index contributed by atoms with van der Waals surface area (Å²) in [5, 5.41) is 3.99. The third-order valence-corrected chi connectivity index (χ3v) is 3.52. The first kappa shape index (κ1) is 11.0. The molecule has 16 heavy (non-hydrogen) atoms. The minimum absolute atomic E-state index is 0.259. The van der Waals surface area contributed by atoms with E-state index in [0.29, 0.717) is 12.3 Å². The first-order valence-electron chi connectivity index (χ1n) is 4.88. The maximum atomic E-state index is 13.3. The zero-order valence-corrected chi connectivity index (χ0v) is 9.36. The zero-order valence-electron chi connectivity index (χ0n) is 8.54. The molecule has 0 amide bonds. The Bertz CT molecular complexity index is 484. The maximum absolute atomic E-state index is 13.3. The van der Waals surface area contributed by atoms with Gasteiger partial charge in [0.15, 0.2) is 0 Å². The fraction of sp³-hybridized carbons (Fsp3) is 0.182. The fourth-order valence-corrected chi connectivity index (χ4v) is 2.44. The lowest BCUT2D eigenvalue weighted by molar-refractivity contribution is 0.592. The number of hydrogen-bond donors (Lipinski definition) is 0. The van der Waals surface area contributed by atoms with Crippen molar-refractivity contribution < 1.29 is 8.60 Å². The van der Waals surface area contributed by atoms with Crippen molar-refractivity contribution >= 4 is 10.8 Å². The first-order chi connectivity index (χ1) is 7.77. The van der Waals surface area contributed by atoms with E-state index in [1.807, 2.05) is 0 Å². The van der Waals surface area contributed by atoms with Crippen LogP contribution in [0.5, 0.6) is 0 Å². The number of aryl methyl sites for hydroxylation is 1. The monoisotopic (exact) mass is 238 g/mol. The molecule has 2 aromatic rings. The summed E-state index contributed by atoms with van der Waals surface area (Å²) >= 11 is 0. The van der Waals surface area contributed by atoms with Crippen LogP contribution in [-0.2, 0) is 17.3 Å². The summed E-state index contributed by atoms with van der Waals surface area (Å²) in [6, 6.07) is 7.94. The molecule has 1 aromatic carbocycles. The van der Waals surface area contributed by atoms with Gasteiger partial charge in [0, 0.05) is 18.1 Å². The van der Waals surface area contributed by atoms with Crippen LogP contribution in [0.25, 0.3) is 0 Å². The van der Waals surface area contributed by atoms with Gasteiger partial charge in [0.2, 0.25) is 0 Å². The average molecular weight is 238 g/mol. The smallest absolute Gasteiger partial charge is 0.139 e. The Morgan fingerprint density at radius 1 is 1.31 bits per heavy atom. The lowest BCUT2D eigenvalue weighted by atomic mass is 10.3. The van der Waals surface area contributed by atoms with Crippen LogP contribution < -0.4 is 0 Å². The van der Waals surface area contributed by atoms with E-state index in [-0.39, 0.29) is 4.90 Å². The van der Waals surface area contributed by atoms with E-state index in [9.17, 15) is 8.60 Å². The lowest BCUT2D eigenvalue weighted by Gasteiger charge is -2.03. The summed E-state index contributed by atoms with van der Waals surface area (Å²) < 4.78 is 26.8. The molecule has 0 saturated heterocycles. The number of aromatic nitrogens is 2. The quantitative estimate of drug-likeness (QED) is 0.814. The van der Waals surface area contributed by atoms with E-state index >= 15 is 0 Å². The number of rotatable bonds is 4. The SMILES string of the molecule is O=S(CCn1cccn1)c1ccccc1F. The van der Waals surface area contributed by atoms with Crippen LogP contribution in [0.3, 0.4) is 0 Å². The van der Waals surface area contributed by atoms with E-state index < -0.39 is 16.6 Å². The fourth-order valence-electron chi connectivity index (χ4n) is 1.35. The number of halogens is 1. The van der Waals surface area contributed by atoms with Gasteiger partial charge in [0.1, 0.15) is 5.82 Å². The summed E-state index contributed by atoms with van der Waals surface area (Å²) in [6.45, 7) is 0.522. The second kappa shape index (κ2) is 5.03. The Kier molecular flexibility index (Phi) is 3.46. The van der Waals surface area contributed by atoms with E-state index in [1.165, 1.54) is 6.07 Å². The molecule has 3 nitrogen and oxygen atoms in total. The molecule has 0 saturated carbocycles. The summed E-state index contributed by atoms with van der Waals surface area (Å²) in [6.07, 6.45) is 3.45. The van der Waals surface area contributed by atoms with E-state index in [0.717, 1.165) is 0 Å². The molecule has 0 spiro atoms. The van der Waals surface area contributed by atoms with Crippen molar-refractivity contribution in [3.8, 4) is 0 Å². The largest absolute Gasteiger partial charge is 0.272 e. The highest BCUT2D eigenvalue weighted by Gasteiger charge is 2.08. The molecule has 2 rings (SSSR count). The summed E-state index contributed by atoms with van der Waals surface area (Å²) in [5.41, 5.74) is 0. The highest BCUT2D eigenvalue weighted by Crippen LogP contribution is 2.11. The minimum Gasteiger partial charge on any atom is -0.272 e. The third kappa shape index (κ3) is 2.55. The summed E-state index contributed by atoms with van der Waals surface area (Å²) in [4.78, 5) is 0.259. The van der Waals surface area contributed by atoms with Crippen LogP contribution in [0.4, 0.5) is 4.39 Å². The molecule has 1 unspecified atom stereocenters. The van der Waals surface area contributed by atoms with Gasteiger partial charge in [0.05, 0.1) is 22.2 Å². The molecule has 84 valence electrons. The number of nitrogens with zero attached hydrogens (tertiary/aromatic N) is 2. The molecule has 0 aliphatic rings. The Labute approximate surface area is 95.4 Å². The Hall–Kier alpha value is -1.49. The van der Waals surface area contributed by atoms with Gasteiger partial charge < -0.3 is 0 Å². The van der Waals surface area contributed by atoms with Crippen LogP contribution in [0.2, 0.25) is 0 Å². The third-order valence-electron chi connectivity index (χ3n) is 2.15. The highest BCUT2D eigenvalue weighted by atomic mass is 32.2. The highest BCUT2D eigenvalue weighted by molar-refractivity contribution is 7.85. The van der Waals surface area contributed by atoms with E-state index in [1.54, 1.807) is 41.3 Å². The zero-order chi connectivity index (χ0) is 11.4. The molecule has 0 bridgehead atoms. The molecule has 1 aromatic heterocycles. The van der Waals surface area contributed by atoms with Crippen molar-refractivity contribution in [3.63, 3.8) is 0 Å². The molecule has 0 radical (unpaired) electrons. The van der Waals surface area contributed by atoms with Gasteiger partial charge in [-0.2, -0.15) is 5.10 Å². The standard InChI is InChI=1S/C11H11FN2OS/c12-10-4-1-2-5-11(10)16(15)9-8-14-7-3-6-13-14/h1-7H,8-9H2. The van der Waals surface area contributed by atoms with Crippen molar-refractivity contribution in [1.29, 1.82) is 0 Å². The molecule has 1 atom stereocenters. The van der Waals surface area contributed by atoms with Crippen molar-refractivity contribution in [2.75, 3.05) is 5.75 Å². The van der Waals surface area contributed by atoms with Gasteiger partial charge >= 0.3 is 0 Å². The second-order valence-corrected chi connectivity index (χ2v) is 4.79. The van der Waals surface area contributed by atoms with Crippen molar-refractivity contribution in [2.24, 2.45) is 0 Å². The topological polar surface area (TPSA) is 34.9 Å². The van der Waals surface area contributed by atoms with Gasteiger partial charge in [-0.3, -0.25) is 8.89 Å². The normalized spacial score (nSPS) is 12.6. The van der Waals surface area contributed by atoms with Crippen LogP contribution in [-0.4, -0.2) is 19.7 Å². The van der Waals surface area contributed by atoms with E-state index in [2.05, 4.69) is 5.10 Å². The molecule has 5 heteroatoms. The summed E-state index contributed by atoms with van der Waals surface area (Å²) in [5.74, 6) is -0.0518. The van der Waals surface area contributed by atoms with E-state index in [4.69, 9.17) is 0 Å². The van der Waals surface area contributed by atoms with Gasteiger partial charge in [-0.05, 0) is 18.2 Å². The Morgan fingerprint density at radius 3 is 2.81 bits per heavy atom. The van der Waals surface area contributed by atoms with Gasteiger partial charge in [-0.15, -0.1) is 0 Å². The van der Waals surface area contributed by atoms with Gasteiger partial charge in [-0.1, -0.05) is 12.1 Å². The number of benzene rings is 1. The maximum Gasteiger partial charge on any atom is 0.139 e. The molecule has 0 N–H and O–H groups in total. The van der Waals surface area contributed by atoms with Crippen molar-refractivity contribution in [1.82, 2.24) is 9.78 Å². The molecule has 0 aliphatic heterocycles.